The number of halogens is 1. The van der Waals surface area contributed by atoms with E-state index in [0.717, 1.165) is 0 Å². The van der Waals surface area contributed by atoms with E-state index < -0.39 is 0 Å². The first kappa shape index (κ1) is 7.86. The van der Waals surface area contributed by atoms with Crippen LogP contribution in [0.15, 0.2) is 24.3 Å². The molecule has 1 aromatic rings. The summed E-state index contributed by atoms with van der Waals surface area (Å²) in [7, 11) is 0. The van der Waals surface area contributed by atoms with E-state index in [-0.39, 0.29) is 27.5 Å². The second-order valence-corrected chi connectivity index (χ2v) is 1.22. The fourth-order valence-electron chi connectivity index (χ4n) is 0.371. The van der Waals surface area contributed by atoms with Gasteiger partial charge in [-0.15, -0.1) is 12.1 Å². The third-order valence-electron chi connectivity index (χ3n) is 0.669. The summed E-state index contributed by atoms with van der Waals surface area (Å²) >= 11 is 0. The standard InChI is InChI=1S/C6H4F.Ti/c7-6-4-2-1-3-5-6;/h1-2,4-5H;/q-1;. The Morgan fingerprint density at radius 3 is 2.50 bits per heavy atom. The zero-order chi connectivity index (χ0) is 5.11. The van der Waals surface area contributed by atoms with E-state index in [4.69, 9.17) is 0 Å². The molecule has 0 fully saturated rings. The molecule has 0 radical (unpaired) electrons. The van der Waals surface area contributed by atoms with E-state index in [0.29, 0.717) is 0 Å². The van der Waals surface area contributed by atoms with E-state index in [9.17, 15) is 4.39 Å². The predicted molar refractivity (Wildman–Crippen MR) is 25.2 cm³/mol. The van der Waals surface area contributed by atoms with Crippen LogP contribution in [0.4, 0.5) is 4.39 Å². The molecule has 0 amide bonds. The Balaban J connectivity index is 0.000000490. The SMILES string of the molecule is Fc1c[c-]ccc1.[Ti]. The van der Waals surface area contributed by atoms with E-state index in [1.165, 1.54) is 12.1 Å². The number of hydrogen-bond donors (Lipinski definition) is 0. The Hall–Kier alpha value is -0.136. The summed E-state index contributed by atoms with van der Waals surface area (Å²) in [6.07, 6.45) is 0. The van der Waals surface area contributed by atoms with Gasteiger partial charge >= 0.3 is 0 Å². The summed E-state index contributed by atoms with van der Waals surface area (Å²) in [6, 6.07) is 8.53. The van der Waals surface area contributed by atoms with Crippen LogP contribution in [-0.2, 0) is 21.7 Å². The minimum absolute atomic E-state index is 0. The van der Waals surface area contributed by atoms with Crippen LogP contribution in [0.25, 0.3) is 0 Å². The molecule has 2 heteroatoms. The molecule has 0 heterocycles. The van der Waals surface area contributed by atoms with Crippen LogP contribution in [0.2, 0.25) is 0 Å². The van der Waals surface area contributed by atoms with Gasteiger partial charge in [0.1, 0.15) is 0 Å². The van der Waals surface area contributed by atoms with Crippen molar-refractivity contribution in [1.82, 2.24) is 0 Å². The van der Waals surface area contributed by atoms with Gasteiger partial charge in [-0.2, -0.15) is 18.2 Å². The summed E-state index contributed by atoms with van der Waals surface area (Å²) < 4.78 is 11.9. The molecule has 1 rings (SSSR count). The first-order chi connectivity index (χ1) is 3.39. The van der Waals surface area contributed by atoms with Crippen molar-refractivity contribution < 1.29 is 26.1 Å². The summed E-state index contributed by atoms with van der Waals surface area (Å²) in [6.45, 7) is 0. The van der Waals surface area contributed by atoms with E-state index in [2.05, 4.69) is 6.07 Å². The number of hydrogen-bond acceptors (Lipinski definition) is 0. The third kappa shape index (κ3) is 2.24. The second-order valence-electron chi connectivity index (χ2n) is 1.22. The molecule has 0 aliphatic rings. The maximum absolute atomic E-state index is 11.9. The maximum atomic E-state index is 11.9. The Morgan fingerprint density at radius 2 is 2.25 bits per heavy atom. The van der Waals surface area contributed by atoms with Crippen LogP contribution in [0.1, 0.15) is 0 Å². The topological polar surface area (TPSA) is 0 Å². The van der Waals surface area contributed by atoms with Gasteiger partial charge in [0.15, 0.2) is 0 Å². The largest absolute Gasteiger partial charge is 0.284 e. The molecule has 0 N–H and O–H groups in total. The number of rotatable bonds is 0. The maximum Gasteiger partial charge on any atom is 0.00871 e. The van der Waals surface area contributed by atoms with Crippen molar-refractivity contribution in [2.75, 3.05) is 0 Å². The molecular weight excluding hydrogens is 139 g/mol. The van der Waals surface area contributed by atoms with Crippen molar-refractivity contribution >= 4 is 0 Å². The Bertz CT molecular complexity index is 138. The average molecular weight is 143 g/mol. The van der Waals surface area contributed by atoms with Gasteiger partial charge in [0.05, 0.1) is 0 Å². The van der Waals surface area contributed by atoms with Crippen LogP contribution in [0.5, 0.6) is 0 Å². The molecule has 0 aliphatic carbocycles. The molecule has 8 heavy (non-hydrogen) atoms. The van der Waals surface area contributed by atoms with E-state index in [1.54, 1.807) is 12.1 Å². The molecule has 0 nitrogen and oxygen atoms in total. The van der Waals surface area contributed by atoms with Gasteiger partial charge in [0, 0.05) is 27.5 Å². The molecule has 0 spiro atoms. The van der Waals surface area contributed by atoms with Gasteiger partial charge < -0.3 is 0 Å². The smallest absolute Gasteiger partial charge is 0.00871 e. The normalized spacial score (nSPS) is 7.62. The molecule has 40 valence electrons. The first-order valence-electron chi connectivity index (χ1n) is 2.01. The molecule has 0 bridgehead atoms. The zero-order valence-corrected chi connectivity index (χ0v) is 5.75. The van der Waals surface area contributed by atoms with Crippen molar-refractivity contribution in [3.8, 4) is 0 Å². The summed E-state index contributed by atoms with van der Waals surface area (Å²) in [5.41, 5.74) is 0. The molecule has 0 atom stereocenters. The van der Waals surface area contributed by atoms with Gasteiger partial charge in [0.25, 0.3) is 0 Å². The van der Waals surface area contributed by atoms with Crippen LogP contribution in [-0.4, -0.2) is 0 Å². The van der Waals surface area contributed by atoms with Crippen molar-refractivity contribution in [2.45, 2.75) is 0 Å². The number of benzene rings is 1. The van der Waals surface area contributed by atoms with Crippen LogP contribution in [0, 0.1) is 11.9 Å². The van der Waals surface area contributed by atoms with Crippen molar-refractivity contribution in [1.29, 1.82) is 0 Å². The molecule has 0 unspecified atom stereocenters. The Kier molecular flexibility index (Phi) is 3.75. The average Bonchev–Trinajstić information content (AvgIpc) is 1.69. The fraction of sp³-hybridized carbons (Fsp3) is 0. The minimum Gasteiger partial charge on any atom is -0.284 e. The fourth-order valence-corrected chi connectivity index (χ4v) is 0.371. The van der Waals surface area contributed by atoms with Gasteiger partial charge in [-0.25, -0.2) is 0 Å². The van der Waals surface area contributed by atoms with Crippen molar-refractivity contribution in [3.63, 3.8) is 0 Å². The minimum atomic E-state index is -0.234. The molecule has 0 aliphatic heterocycles. The monoisotopic (exact) mass is 143 g/mol. The third-order valence-corrected chi connectivity index (χ3v) is 0.669. The van der Waals surface area contributed by atoms with Gasteiger partial charge in [-0.1, -0.05) is 0 Å². The molecule has 0 aromatic heterocycles. The molecule has 0 saturated carbocycles. The first-order valence-corrected chi connectivity index (χ1v) is 2.01. The Labute approximate surface area is 62.6 Å². The summed E-state index contributed by atoms with van der Waals surface area (Å²) in [4.78, 5) is 0. The summed E-state index contributed by atoms with van der Waals surface area (Å²) in [5, 5.41) is 0. The van der Waals surface area contributed by atoms with Crippen molar-refractivity contribution in [2.24, 2.45) is 0 Å². The molecule has 0 saturated heterocycles. The van der Waals surface area contributed by atoms with Crippen LogP contribution in [0.3, 0.4) is 0 Å². The van der Waals surface area contributed by atoms with Gasteiger partial charge in [0.2, 0.25) is 0 Å². The zero-order valence-electron chi connectivity index (χ0n) is 4.19. The van der Waals surface area contributed by atoms with Gasteiger partial charge in [-0.05, 0) is 0 Å². The van der Waals surface area contributed by atoms with E-state index in [1.807, 2.05) is 0 Å². The Morgan fingerprint density at radius 1 is 1.50 bits per heavy atom. The molecule has 1 aromatic carbocycles. The quantitative estimate of drug-likeness (QED) is 0.382. The van der Waals surface area contributed by atoms with Gasteiger partial charge in [-0.3, -0.25) is 4.39 Å². The van der Waals surface area contributed by atoms with Crippen molar-refractivity contribution in [3.05, 3.63) is 36.1 Å². The second kappa shape index (κ2) is 3.82. The van der Waals surface area contributed by atoms with Crippen LogP contribution < -0.4 is 0 Å². The van der Waals surface area contributed by atoms with Crippen LogP contribution >= 0.6 is 0 Å². The predicted octanol–water partition coefficient (Wildman–Crippen LogP) is 1.62. The van der Waals surface area contributed by atoms with E-state index >= 15 is 0 Å². The molecular formula is C6H4FTi-. The summed E-state index contributed by atoms with van der Waals surface area (Å²) in [5.74, 6) is -0.234.